The number of unbranched alkanes of at least 4 members (excludes halogenated alkanes) is 7. The number of hydrogen-bond donors (Lipinski definition) is 11. The first-order valence-electron chi connectivity index (χ1n) is 10.2. The summed E-state index contributed by atoms with van der Waals surface area (Å²) in [7, 11) is 0. The van der Waals surface area contributed by atoms with Crippen molar-refractivity contribution in [1.29, 1.82) is 0 Å². The van der Waals surface area contributed by atoms with Crippen LogP contribution >= 0.6 is 0 Å². The van der Waals surface area contributed by atoms with Gasteiger partial charge < -0.3 is 51.7 Å². The SMILES string of the molecule is CC(/C=C/CCCCCCCCCC(N)(O)C(O)(O)C(O)(O)C(O)(O)O)[C@@H](N)CO. The molecule has 0 aromatic carbocycles. The van der Waals surface area contributed by atoms with Crippen molar-refractivity contribution in [2.75, 3.05) is 6.61 Å². The first-order valence-corrected chi connectivity index (χ1v) is 10.2. The number of allylic oxidation sites excluding steroid dienone is 1. The maximum Gasteiger partial charge on any atom is 0.338 e. The summed E-state index contributed by atoms with van der Waals surface area (Å²) in [5, 5.41) is 83.7. The van der Waals surface area contributed by atoms with Gasteiger partial charge in [0.1, 0.15) is 0 Å². The minimum absolute atomic E-state index is 0.0450. The third-order valence-electron chi connectivity index (χ3n) is 5.31. The summed E-state index contributed by atoms with van der Waals surface area (Å²) < 4.78 is 0. The summed E-state index contributed by atoms with van der Waals surface area (Å²) >= 11 is 0. The minimum atomic E-state index is -4.33. The lowest BCUT2D eigenvalue weighted by atomic mass is 9.88. The molecule has 0 aromatic heterocycles. The molecule has 0 bridgehead atoms. The van der Waals surface area contributed by atoms with Gasteiger partial charge in [0.25, 0.3) is 5.79 Å². The number of aliphatic hydroxyl groups excluding tert-OH is 1. The van der Waals surface area contributed by atoms with Crippen LogP contribution in [0.3, 0.4) is 0 Å². The lowest BCUT2D eigenvalue weighted by molar-refractivity contribution is -0.527. The summed E-state index contributed by atoms with van der Waals surface area (Å²) in [4.78, 5) is 0. The van der Waals surface area contributed by atoms with Crippen LogP contribution in [0.1, 0.15) is 64.7 Å². The van der Waals surface area contributed by atoms with Crippen LogP contribution < -0.4 is 11.5 Å². The van der Waals surface area contributed by atoms with Crippen molar-refractivity contribution in [3.63, 3.8) is 0 Å². The molecule has 0 spiro atoms. The number of rotatable bonds is 16. The van der Waals surface area contributed by atoms with Crippen LogP contribution in [0, 0.1) is 5.92 Å². The van der Waals surface area contributed by atoms with Crippen LogP contribution in [0.15, 0.2) is 12.2 Å². The normalized spacial score (nSPS) is 17.9. The highest BCUT2D eigenvalue weighted by Crippen LogP contribution is 2.34. The standard InChI is InChI=1S/C19H40N2O9/c1-14(15(20)13-22)11-9-7-5-3-2-4-6-8-10-12-16(21,23)17(24,25)18(26,27)19(28,29)30/h9,11,14-15,22-30H,2-8,10,12-13,20-21H2,1H3/b11-9+/t14?,15-,16?/m0/s1. The van der Waals surface area contributed by atoms with E-state index in [0.717, 1.165) is 38.5 Å². The minimum Gasteiger partial charge on any atom is -0.395 e. The molecule has 0 aliphatic heterocycles. The highest BCUT2D eigenvalue weighted by atomic mass is 16.7. The van der Waals surface area contributed by atoms with Gasteiger partial charge in [-0.15, -0.1) is 0 Å². The molecule has 13 N–H and O–H groups in total. The molecule has 0 heterocycles. The number of hydrogen-bond acceptors (Lipinski definition) is 11. The first kappa shape index (κ1) is 29.3. The van der Waals surface area contributed by atoms with E-state index in [-0.39, 0.29) is 25.0 Å². The summed E-state index contributed by atoms with van der Waals surface area (Å²) in [6.45, 7) is 1.91. The van der Waals surface area contributed by atoms with Crippen LogP contribution in [0.25, 0.3) is 0 Å². The summed E-state index contributed by atoms with van der Waals surface area (Å²) in [6.07, 6.45) is 9.90. The van der Waals surface area contributed by atoms with Gasteiger partial charge in [-0.05, 0) is 31.6 Å². The topological polar surface area (TPSA) is 234 Å². The molecule has 11 heteroatoms. The van der Waals surface area contributed by atoms with E-state index in [1.54, 1.807) is 0 Å². The first-order chi connectivity index (χ1) is 13.6. The van der Waals surface area contributed by atoms with E-state index >= 15 is 0 Å². The molecular formula is C19H40N2O9. The second-order valence-electron chi connectivity index (χ2n) is 8.05. The fourth-order valence-corrected chi connectivity index (χ4v) is 2.87. The highest BCUT2D eigenvalue weighted by Gasteiger charge is 2.69. The molecule has 3 atom stereocenters. The third kappa shape index (κ3) is 8.44. The maximum absolute atomic E-state index is 9.95. The van der Waals surface area contributed by atoms with Crippen LogP contribution in [0.4, 0.5) is 0 Å². The molecule has 0 aliphatic carbocycles. The molecule has 0 rings (SSSR count). The molecule has 0 radical (unpaired) electrons. The maximum atomic E-state index is 9.95. The smallest absolute Gasteiger partial charge is 0.338 e. The molecular weight excluding hydrogens is 400 g/mol. The van der Waals surface area contributed by atoms with Crippen LogP contribution in [0.5, 0.6) is 0 Å². The largest absolute Gasteiger partial charge is 0.395 e. The van der Waals surface area contributed by atoms with Gasteiger partial charge in [0, 0.05) is 6.04 Å². The molecule has 30 heavy (non-hydrogen) atoms. The lowest BCUT2D eigenvalue weighted by Crippen LogP contribution is -2.78. The predicted molar refractivity (Wildman–Crippen MR) is 108 cm³/mol. The van der Waals surface area contributed by atoms with Gasteiger partial charge in [-0.1, -0.05) is 51.2 Å². The predicted octanol–water partition coefficient (Wildman–Crippen LogP) is -2.35. The molecule has 2 unspecified atom stereocenters. The third-order valence-corrected chi connectivity index (χ3v) is 5.31. The van der Waals surface area contributed by atoms with Gasteiger partial charge in [-0.25, -0.2) is 0 Å². The van der Waals surface area contributed by atoms with E-state index in [4.69, 9.17) is 31.9 Å². The quantitative estimate of drug-likeness (QED) is 0.0690. The molecule has 0 fully saturated rings. The van der Waals surface area contributed by atoms with Crippen molar-refractivity contribution < 1.29 is 46.0 Å². The van der Waals surface area contributed by atoms with E-state index in [9.17, 15) is 25.5 Å². The average molecular weight is 441 g/mol. The summed E-state index contributed by atoms with van der Waals surface area (Å²) in [6, 6.07) is -0.251. The fourth-order valence-electron chi connectivity index (χ4n) is 2.87. The fraction of sp³-hybridized carbons (Fsp3) is 0.895. The van der Waals surface area contributed by atoms with Gasteiger partial charge in [-0.2, -0.15) is 0 Å². The van der Waals surface area contributed by atoms with Gasteiger partial charge in [0.2, 0.25) is 0 Å². The monoisotopic (exact) mass is 440 g/mol. The van der Waals surface area contributed by atoms with Crippen molar-refractivity contribution in [1.82, 2.24) is 0 Å². The number of nitrogens with two attached hydrogens (primary N) is 2. The average Bonchev–Trinajstić information content (AvgIpc) is 2.63. The second kappa shape index (κ2) is 12.4. The van der Waals surface area contributed by atoms with Crippen molar-refractivity contribution in [3.05, 3.63) is 12.2 Å². The van der Waals surface area contributed by atoms with E-state index in [1.165, 1.54) is 0 Å². The molecule has 0 amide bonds. The van der Waals surface area contributed by atoms with Gasteiger partial charge in [0.05, 0.1) is 6.61 Å². The number of aliphatic hydroxyl groups is 9. The van der Waals surface area contributed by atoms with E-state index < -0.39 is 29.7 Å². The van der Waals surface area contributed by atoms with E-state index in [0.29, 0.717) is 6.42 Å². The van der Waals surface area contributed by atoms with Crippen LogP contribution in [-0.2, 0) is 0 Å². The van der Waals surface area contributed by atoms with Crippen molar-refractivity contribution in [3.8, 4) is 0 Å². The van der Waals surface area contributed by atoms with E-state index in [1.807, 2.05) is 13.0 Å². The zero-order valence-electron chi connectivity index (χ0n) is 17.6. The molecule has 11 nitrogen and oxygen atoms in total. The molecule has 0 saturated carbocycles. The molecule has 0 aliphatic rings. The zero-order valence-corrected chi connectivity index (χ0v) is 17.6. The Morgan fingerprint density at radius 1 is 0.767 bits per heavy atom. The van der Waals surface area contributed by atoms with Gasteiger partial charge in [-0.3, -0.25) is 5.73 Å². The zero-order chi connectivity index (χ0) is 23.6. The molecule has 180 valence electrons. The Morgan fingerprint density at radius 3 is 1.70 bits per heavy atom. The Labute approximate surface area is 176 Å². The Balaban J connectivity index is 4.07. The van der Waals surface area contributed by atoms with E-state index in [2.05, 4.69) is 6.08 Å². The second-order valence-corrected chi connectivity index (χ2v) is 8.05. The van der Waals surface area contributed by atoms with Gasteiger partial charge >= 0.3 is 11.8 Å². The summed E-state index contributed by atoms with van der Waals surface area (Å²) in [5.74, 6) is -12.6. The lowest BCUT2D eigenvalue weighted by Gasteiger charge is -2.46. The molecule has 0 aromatic rings. The Morgan fingerprint density at radius 2 is 1.23 bits per heavy atom. The van der Waals surface area contributed by atoms with Crippen LogP contribution in [-0.4, -0.2) is 81.9 Å². The Hall–Kier alpha value is -0.700. The van der Waals surface area contributed by atoms with Crippen molar-refractivity contribution >= 4 is 0 Å². The molecule has 0 saturated heterocycles. The Kier molecular flexibility index (Phi) is 12.1. The highest BCUT2D eigenvalue weighted by molar-refractivity contribution is 4.99. The van der Waals surface area contributed by atoms with Crippen LogP contribution in [0.2, 0.25) is 0 Å². The Bertz CT molecular complexity index is 505. The van der Waals surface area contributed by atoms with Crippen molar-refractivity contribution in [2.45, 2.75) is 94.0 Å². The van der Waals surface area contributed by atoms with Crippen molar-refractivity contribution in [2.24, 2.45) is 17.4 Å². The summed E-state index contributed by atoms with van der Waals surface area (Å²) in [5.41, 5.74) is 8.00. The van der Waals surface area contributed by atoms with Gasteiger partial charge in [0.15, 0.2) is 5.72 Å².